The van der Waals surface area contributed by atoms with E-state index in [4.69, 9.17) is 0 Å². The third-order valence-corrected chi connectivity index (χ3v) is 3.93. The van der Waals surface area contributed by atoms with Crippen LogP contribution in [0.2, 0.25) is 0 Å². The fourth-order valence-corrected chi connectivity index (χ4v) is 2.80. The van der Waals surface area contributed by atoms with Crippen molar-refractivity contribution in [3.63, 3.8) is 0 Å². The Bertz CT molecular complexity index is 671. The van der Waals surface area contributed by atoms with Crippen molar-refractivity contribution >= 4 is 5.91 Å². The summed E-state index contributed by atoms with van der Waals surface area (Å²) < 4.78 is 13.3. The zero-order chi connectivity index (χ0) is 14.8. The molecule has 1 unspecified atom stereocenters. The highest BCUT2D eigenvalue weighted by molar-refractivity contribution is 5.97. The predicted octanol–water partition coefficient (Wildman–Crippen LogP) is 3.16. The minimum absolute atomic E-state index is 0.00305. The van der Waals surface area contributed by atoms with E-state index in [2.05, 4.69) is 0 Å². The number of halogens is 1. The molecule has 1 fully saturated rings. The number of phenolic OH excluding ortho intramolecular Hbond substituents is 1. The van der Waals surface area contributed by atoms with Gasteiger partial charge in [-0.2, -0.15) is 0 Å². The van der Waals surface area contributed by atoms with Gasteiger partial charge in [0.1, 0.15) is 11.6 Å². The van der Waals surface area contributed by atoms with Gasteiger partial charge in [0, 0.05) is 19.0 Å². The number of likely N-dealkylation sites (tertiary alicyclic amines) is 1. The second kappa shape index (κ2) is 5.56. The van der Waals surface area contributed by atoms with Gasteiger partial charge in [0.2, 0.25) is 0 Å². The zero-order valence-corrected chi connectivity index (χ0v) is 11.5. The molecule has 0 radical (unpaired) electrons. The molecule has 108 valence electrons. The molecule has 1 atom stereocenters. The van der Waals surface area contributed by atoms with Crippen molar-refractivity contribution in [2.45, 2.75) is 12.3 Å². The molecule has 1 aliphatic rings. The molecule has 2 aromatic rings. The number of para-hydroxylation sites is 1. The lowest BCUT2D eigenvalue weighted by Crippen LogP contribution is -2.28. The standard InChI is InChI=1S/C17H16FNO2/c18-14-5-3-4-12(10-14)13-8-9-19(11-13)17(21)15-6-1-2-7-16(15)20/h1-7,10,13,20H,8-9,11H2. The van der Waals surface area contributed by atoms with Crippen molar-refractivity contribution in [2.75, 3.05) is 13.1 Å². The Hall–Kier alpha value is -2.36. The number of amides is 1. The number of benzene rings is 2. The number of carbonyl (C=O) groups excluding carboxylic acids is 1. The first-order valence-electron chi connectivity index (χ1n) is 6.98. The van der Waals surface area contributed by atoms with Crippen molar-refractivity contribution in [2.24, 2.45) is 0 Å². The van der Waals surface area contributed by atoms with Crippen molar-refractivity contribution in [1.29, 1.82) is 0 Å². The van der Waals surface area contributed by atoms with Gasteiger partial charge < -0.3 is 10.0 Å². The van der Waals surface area contributed by atoms with Crippen LogP contribution in [0.15, 0.2) is 48.5 Å². The highest BCUT2D eigenvalue weighted by atomic mass is 19.1. The summed E-state index contributed by atoms with van der Waals surface area (Å²) in [6, 6.07) is 13.1. The van der Waals surface area contributed by atoms with Gasteiger partial charge in [-0.25, -0.2) is 4.39 Å². The van der Waals surface area contributed by atoms with E-state index in [-0.39, 0.29) is 23.4 Å². The Morgan fingerprint density at radius 1 is 1.19 bits per heavy atom. The van der Waals surface area contributed by atoms with Crippen LogP contribution in [0.3, 0.4) is 0 Å². The third kappa shape index (κ3) is 2.75. The Kier molecular flexibility index (Phi) is 3.60. The summed E-state index contributed by atoms with van der Waals surface area (Å²) >= 11 is 0. The molecule has 0 bridgehead atoms. The largest absolute Gasteiger partial charge is 0.507 e. The molecular weight excluding hydrogens is 269 g/mol. The highest BCUT2D eigenvalue weighted by Crippen LogP contribution is 2.29. The van der Waals surface area contributed by atoms with Crippen LogP contribution in [0.1, 0.15) is 28.3 Å². The minimum Gasteiger partial charge on any atom is -0.507 e. The van der Waals surface area contributed by atoms with Crippen LogP contribution in [-0.4, -0.2) is 29.0 Å². The summed E-state index contributed by atoms with van der Waals surface area (Å²) in [5.41, 5.74) is 1.24. The minimum atomic E-state index is -0.252. The summed E-state index contributed by atoms with van der Waals surface area (Å²) in [7, 11) is 0. The summed E-state index contributed by atoms with van der Waals surface area (Å²) in [6.45, 7) is 1.17. The van der Waals surface area contributed by atoms with Crippen molar-refractivity contribution in [3.8, 4) is 5.75 Å². The second-order valence-corrected chi connectivity index (χ2v) is 5.31. The second-order valence-electron chi connectivity index (χ2n) is 5.31. The lowest BCUT2D eigenvalue weighted by atomic mass is 9.98. The predicted molar refractivity (Wildman–Crippen MR) is 77.8 cm³/mol. The Morgan fingerprint density at radius 2 is 2.00 bits per heavy atom. The van der Waals surface area contributed by atoms with Gasteiger partial charge in [0.25, 0.3) is 5.91 Å². The van der Waals surface area contributed by atoms with Gasteiger partial charge in [0.15, 0.2) is 0 Å². The average molecular weight is 285 g/mol. The number of carbonyl (C=O) groups is 1. The molecule has 0 aliphatic carbocycles. The highest BCUT2D eigenvalue weighted by Gasteiger charge is 2.29. The fourth-order valence-electron chi connectivity index (χ4n) is 2.80. The zero-order valence-electron chi connectivity index (χ0n) is 11.5. The molecule has 3 nitrogen and oxygen atoms in total. The first kappa shape index (κ1) is 13.6. The molecule has 1 aliphatic heterocycles. The lowest BCUT2D eigenvalue weighted by molar-refractivity contribution is 0.0788. The monoisotopic (exact) mass is 285 g/mol. The summed E-state index contributed by atoms with van der Waals surface area (Å²) in [4.78, 5) is 14.1. The van der Waals surface area contributed by atoms with Gasteiger partial charge in [-0.15, -0.1) is 0 Å². The summed E-state index contributed by atoms with van der Waals surface area (Å²) in [6.07, 6.45) is 0.808. The Morgan fingerprint density at radius 3 is 2.76 bits per heavy atom. The number of rotatable bonds is 2. The molecule has 1 saturated heterocycles. The molecular formula is C17H16FNO2. The quantitative estimate of drug-likeness (QED) is 0.920. The van der Waals surface area contributed by atoms with Crippen molar-refractivity contribution in [1.82, 2.24) is 4.90 Å². The molecule has 21 heavy (non-hydrogen) atoms. The number of hydrogen-bond acceptors (Lipinski definition) is 2. The number of hydrogen-bond donors (Lipinski definition) is 1. The van der Waals surface area contributed by atoms with Crippen LogP contribution < -0.4 is 0 Å². The molecule has 0 aromatic heterocycles. The summed E-state index contributed by atoms with van der Waals surface area (Å²) in [5, 5.41) is 9.76. The molecule has 3 rings (SSSR count). The average Bonchev–Trinajstić information content (AvgIpc) is 2.97. The Balaban J connectivity index is 1.75. The maximum Gasteiger partial charge on any atom is 0.257 e. The van der Waals surface area contributed by atoms with E-state index >= 15 is 0 Å². The number of aromatic hydroxyl groups is 1. The van der Waals surface area contributed by atoms with Gasteiger partial charge in [-0.05, 0) is 36.2 Å². The van der Waals surface area contributed by atoms with E-state index < -0.39 is 0 Å². The molecule has 4 heteroatoms. The van der Waals surface area contributed by atoms with Crippen LogP contribution in [0.4, 0.5) is 4.39 Å². The molecule has 0 saturated carbocycles. The van der Waals surface area contributed by atoms with E-state index in [0.29, 0.717) is 18.7 Å². The maximum atomic E-state index is 13.3. The van der Waals surface area contributed by atoms with Crippen LogP contribution in [0.5, 0.6) is 5.75 Å². The first-order valence-corrected chi connectivity index (χ1v) is 6.98. The fraction of sp³-hybridized carbons (Fsp3) is 0.235. The van der Waals surface area contributed by atoms with Gasteiger partial charge in [0.05, 0.1) is 5.56 Å². The molecule has 2 aromatic carbocycles. The van der Waals surface area contributed by atoms with Crippen molar-refractivity contribution in [3.05, 3.63) is 65.5 Å². The smallest absolute Gasteiger partial charge is 0.257 e. The van der Waals surface area contributed by atoms with Crippen LogP contribution in [0.25, 0.3) is 0 Å². The topological polar surface area (TPSA) is 40.5 Å². The number of phenols is 1. The van der Waals surface area contributed by atoms with E-state index in [1.807, 2.05) is 6.07 Å². The van der Waals surface area contributed by atoms with E-state index in [9.17, 15) is 14.3 Å². The van der Waals surface area contributed by atoms with Gasteiger partial charge >= 0.3 is 0 Å². The summed E-state index contributed by atoms with van der Waals surface area (Å²) in [5.74, 6) is -0.280. The van der Waals surface area contributed by atoms with Crippen LogP contribution in [0, 0.1) is 5.82 Å². The van der Waals surface area contributed by atoms with Crippen LogP contribution >= 0.6 is 0 Å². The lowest BCUT2D eigenvalue weighted by Gasteiger charge is -2.17. The maximum absolute atomic E-state index is 13.3. The van der Waals surface area contributed by atoms with E-state index in [1.54, 1.807) is 29.2 Å². The van der Waals surface area contributed by atoms with E-state index in [1.165, 1.54) is 18.2 Å². The molecule has 1 heterocycles. The first-order chi connectivity index (χ1) is 10.1. The van der Waals surface area contributed by atoms with Gasteiger partial charge in [-0.3, -0.25) is 4.79 Å². The van der Waals surface area contributed by atoms with Gasteiger partial charge in [-0.1, -0.05) is 24.3 Å². The van der Waals surface area contributed by atoms with Crippen LogP contribution in [-0.2, 0) is 0 Å². The Labute approximate surface area is 122 Å². The molecule has 0 spiro atoms. The normalized spacial score (nSPS) is 18.0. The molecule has 1 N–H and O–H groups in total. The van der Waals surface area contributed by atoms with Crippen molar-refractivity contribution < 1.29 is 14.3 Å². The van der Waals surface area contributed by atoms with E-state index in [0.717, 1.165) is 12.0 Å². The number of nitrogens with zero attached hydrogens (tertiary/aromatic N) is 1. The molecule has 1 amide bonds. The SMILES string of the molecule is O=C(c1ccccc1O)N1CCC(c2cccc(F)c2)C1. The third-order valence-electron chi connectivity index (χ3n) is 3.93.